The summed E-state index contributed by atoms with van der Waals surface area (Å²) < 4.78 is 0. The smallest absolute Gasteiger partial charge is 0.123 e. The summed E-state index contributed by atoms with van der Waals surface area (Å²) in [6, 6.07) is 26.7. The Kier molecular flexibility index (Phi) is 4.90. The van der Waals surface area contributed by atoms with Gasteiger partial charge in [-0.05, 0) is 63.6 Å². The largest absolute Gasteiger partial charge is 0.507 e. The van der Waals surface area contributed by atoms with Crippen LogP contribution in [0.25, 0.3) is 27.1 Å². The van der Waals surface area contributed by atoms with E-state index in [9.17, 15) is 5.11 Å². The summed E-state index contributed by atoms with van der Waals surface area (Å²) in [6.07, 6.45) is 8.32. The van der Waals surface area contributed by atoms with E-state index in [0.717, 1.165) is 10.8 Å². The van der Waals surface area contributed by atoms with Gasteiger partial charge in [0.2, 0.25) is 0 Å². The highest BCUT2D eigenvalue weighted by molar-refractivity contribution is 5.95. The van der Waals surface area contributed by atoms with Gasteiger partial charge < -0.3 is 5.11 Å². The van der Waals surface area contributed by atoms with Crippen LogP contribution in [-0.2, 0) is 5.41 Å². The van der Waals surface area contributed by atoms with Gasteiger partial charge in [-0.3, -0.25) is 0 Å². The van der Waals surface area contributed by atoms with Crippen LogP contribution in [0.4, 0.5) is 0 Å². The lowest BCUT2D eigenvalue weighted by molar-refractivity contribution is 0.481. The minimum Gasteiger partial charge on any atom is -0.507 e. The SMILES string of the molecule is CC1(C)CC2=C(C=CCC2)c2ccc3ccccc3c21.Oc1cccc2ccccc12. The molecule has 1 nitrogen and oxygen atoms in total. The Bertz CT molecular complexity index is 1330. The van der Waals surface area contributed by atoms with Gasteiger partial charge in [0.1, 0.15) is 5.75 Å². The lowest BCUT2D eigenvalue weighted by Gasteiger charge is -2.37. The molecular formula is C30H28O. The number of benzene rings is 4. The van der Waals surface area contributed by atoms with E-state index in [4.69, 9.17) is 0 Å². The van der Waals surface area contributed by atoms with Crippen LogP contribution in [0.2, 0.25) is 0 Å². The molecule has 4 aromatic carbocycles. The molecule has 0 heterocycles. The van der Waals surface area contributed by atoms with Crippen molar-refractivity contribution in [3.8, 4) is 5.75 Å². The maximum absolute atomic E-state index is 9.37. The Morgan fingerprint density at radius 2 is 1.42 bits per heavy atom. The van der Waals surface area contributed by atoms with Gasteiger partial charge >= 0.3 is 0 Å². The first-order valence-electron chi connectivity index (χ1n) is 11.1. The lowest BCUT2D eigenvalue weighted by atomic mass is 9.67. The van der Waals surface area contributed by atoms with E-state index in [1.54, 1.807) is 17.2 Å². The first kappa shape index (κ1) is 19.6. The standard InChI is InChI=1S/C20H20.C10H8O/c1-20(2)13-15-8-4-5-9-16(15)18-12-11-14-7-3-6-10-17(14)19(18)20;11-10-7-3-5-8-4-1-2-6-9(8)10/h3,5-7,9-12H,4,8,13H2,1-2H3;1-7,11H. The average Bonchev–Trinajstić information content (AvgIpc) is 2.79. The second-order valence-corrected chi connectivity index (χ2v) is 9.23. The second kappa shape index (κ2) is 7.74. The minimum atomic E-state index is 0.236. The van der Waals surface area contributed by atoms with Crippen LogP contribution in [0.5, 0.6) is 5.75 Å². The predicted octanol–water partition coefficient (Wildman–Crippen LogP) is 8.17. The molecule has 0 aliphatic heterocycles. The first-order valence-corrected chi connectivity index (χ1v) is 11.1. The number of rotatable bonds is 0. The molecule has 154 valence electrons. The Hall–Kier alpha value is -3.32. The van der Waals surface area contributed by atoms with Crippen molar-refractivity contribution < 1.29 is 5.11 Å². The van der Waals surface area contributed by atoms with E-state index in [-0.39, 0.29) is 5.41 Å². The molecule has 2 aliphatic rings. The number of phenols is 1. The van der Waals surface area contributed by atoms with Crippen LogP contribution in [0, 0.1) is 0 Å². The van der Waals surface area contributed by atoms with Crippen LogP contribution < -0.4 is 0 Å². The number of aromatic hydroxyl groups is 1. The number of hydrogen-bond acceptors (Lipinski definition) is 1. The van der Waals surface area contributed by atoms with Gasteiger partial charge in [0.05, 0.1) is 0 Å². The molecular weight excluding hydrogens is 376 g/mol. The number of phenolic OH excluding ortho intramolecular Hbond substituents is 1. The summed E-state index contributed by atoms with van der Waals surface area (Å²) in [5.74, 6) is 0.350. The average molecular weight is 405 g/mol. The van der Waals surface area contributed by atoms with Crippen molar-refractivity contribution in [3.05, 3.63) is 108 Å². The van der Waals surface area contributed by atoms with E-state index in [1.807, 2.05) is 36.4 Å². The van der Waals surface area contributed by atoms with Crippen molar-refractivity contribution in [2.24, 2.45) is 0 Å². The molecule has 0 atom stereocenters. The minimum absolute atomic E-state index is 0.236. The Morgan fingerprint density at radius 3 is 2.19 bits per heavy atom. The summed E-state index contributed by atoms with van der Waals surface area (Å²) in [6.45, 7) is 4.81. The molecule has 1 heteroatoms. The fraction of sp³-hybridized carbons (Fsp3) is 0.200. The molecule has 0 bridgehead atoms. The number of fused-ring (bicyclic) bond motifs is 5. The zero-order valence-electron chi connectivity index (χ0n) is 18.2. The van der Waals surface area contributed by atoms with Crippen LogP contribution in [0.1, 0.15) is 44.2 Å². The Balaban J connectivity index is 0.000000157. The summed E-state index contributed by atoms with van der Waals surface area (Å²) in [5, 5.41) is 14.2. The molecule has 0 aromatic heterocycles. The Labute approximate surface area is 184 Å². The molecule has 4 aromatic rings. The highest BCUT2D eigenvalue weighted by Crippen LogP contribution is 2.48. The van der Waals surface area contributed by atoms with Gasteiger partial charge in [0.15, 0.2) is 0 Å². The highest BCUT2D eigenvalue weighted by atomic mass is 16.3. The van der Waals surface area contributed by atoms with E-state index in [0.29, 0.717) is 5.75 Å². The van der Waals surface area contributed by atoms with Crippen LogP contribution in [0.15, 0.2) is 96.6 Å². The fourth-order valence-corrected chi connectivity index (χ4v) is 5.23. The fourth-order valence-electron chi connectivity index (χ4n) is 5.23. The van der Waals surface area contributed by atoms with Gasteiger partial charge in [-0.15, -0.1) is 0 Å². The molecule has 0 saturated heterocycles. The van der Waals surface area contributed by atoms with E-state index in [2.05, 4.69) is 62.4 Å². The second-order valence-electron chi connectivity index (χ2n) is 9.23. The van der Waals surface area contributed by atoms with Crippen LogP contribution in [-0.4, -0.2) is 5.11 Å². The summed E-state index contributed by atoms with van der Waals surface area (Å²) >= 11 is 0. The first-order chi connectivity index (χ1) is 15.0. The van der Waals surface area contributed by atoms with E-state index < -0.39 is 0 Å². The molecule has 0 saturated carbocycles. The number of allylic oxidation sites excluding steroid dienone is 4. The van der Waals surface area contributed by atoms with Crippen molar-refractivity contribution in [2.75, 3.05) is 0 Å². The van der Waals surface area contributed by atoms with Crippen molar-refractivity contribution in [3.63, 3.8) is 0 Å². The molecule has 0 fully saturated rings. The normalized spacial score (nSPS) is 16.5. The van der Waals surface area contributed by atoms with Gasteiger partial charge in [-0.2, -0.15) is 0 Å². The third kappa shape index (κ3) is 3.55. The summed E-state index contributed by atoms with van der Waals surface area (Å²) in [4.78, 5) is 0. The summed E-state index contributed by atoms with van der Waals surface area (Å²) in [7, 11) is 0. The molecule has 1 N–H and O–H groups in total. The molecule has 0 amide bonds. The molecule has 2 aliphatic carbocycles. The van der Waals surface area contributed by atoms with Gasteiger partial charge in [-0.25, -0.2) is 0 Å². The molecule has 0 unspecified atom stereocenters. The Morgan fingerprint density at radius 1 is 0.742 bits per heavy atom. The van der Waals surface area contributed by atoms with Gasteiger partial charge in [0.25, 0.3) is 0 Å². The predicted molar refractivity (Wildman–Crippen MR) is 132 cm³/mol. The quantitative estimate of drug-likeness (QED) is 0.313. The van der Waals surface area contributed by atoms with Crippen LogP contribution in [0.3, 0.4) is 0 Å². The molecule has 0 radical (unpaired) electrons. The van der Waals surface area contributed by atoms with Crippen molar-refractivity contribution in [1.82, 2.24) is 0 Å². The van der Waals surface area contributed by atoms with Gasteiger partial charge in [-0.1, -0.05) is 104 Å². The van der Waals surface area contributed by atoms with Gasteiger partial charge in [0, 0.05) is 5.39 Å². The maximum Gasteiger partial charge on any atom is 0.123 e. The van der Waals surface area contributed by atoms with E-state index >= 15 is 0 Å². The summed E-state index contributed by atoms with van der Waals surface area (Å²) in [5.41, 5.74) is 6.39. The number of hydrogen-bond donors (Lipinski definition) is 1. The van der Waals surface area contributed by atoms with Crippen LogP contribution >= 0.6 is 0 Å². The molecule has 6 rings (SSSR count). The van der Waals surface area contributed by atoms with Crippen molar-refractivity contribution in [2.45, 2.75) is 38.5 Å². The molecule has 0 spiro atoms. The maximum atomic E-state index is 9.37. The van der Waals surface area contributed by atoms with E-state index in [1.165, 1.54) is 41.2 Å². The van der Waals surface area contributed by atoms with Crippen molar-refractivity contribution >= 4 is 27.1 Å². The third-order valence-electron chi connectivity index (χ3n) is 6.60. The van der Waals surface area contributed by atoms with Crippen molar-refractivity contribution in [1.29, 1.82) is 0 Å². The zero-order chi connectivity index (χ0) is 21.4. The highest BCUT2D eigenvalue weighted by Gasteiger charge is 2.33. The topological polar surface area (TPSA) is 20.2 Å². The lowest BCUT2D eigenvalue weighted by Crippen LogP contribution is -2.25. The molecule has 31 heavy (non-hydrogen) atoms. The zero-order valence-corrected chi connectivity index (χ0v) is 18.2. The third-order valence-corrected chi connectivity index (χ3v) is 6.60. The monoisotopic (exact) mass is 404 g/mol.